The normalized spacial score (nSPS) is 18.5. The molecule has 2 aromatic rings. The first-order valence-corrected chi connectivity index (χ1v) is 11.5. The van der Waals surface area contributed by atoms with Crippen LogP contribution < -0.4 is 14.4 Å². The molecule has 0 aliphatic carbocycles. The van der Waals surface area contributed by atoms with Gasteiger partial charge in [0, 0.05) is 49.8 Å². The van der Waals surface area contributed by atoms with Crippen molar-refractivity contribution in [2.24, 2.45) is 0 Å². The Bertz CT molecular complexity index is 1020. The van der Waals surface area contributed by atoms with Gasteiger partial charge in [0.15, 0.2) is 0 Å². The highest BCUT2D eigenvalue weighted by atomic mass is 16.6. The Morgan fingerprint density at radius 2 is 1.94 bits per heavy atom. The number of fused-ring (bicyclic) bond motifs is 1. The summed E-state index contributed by atoms with van der Waals surface area (Å²) in [7, 11) is 0. The number of benzene rings is 1. The van der Waals surface area contributed by atoms with Crippen LogP contribution in [0.25, 0.3) is 0 Å². The Balaban J connectivity index is 1.27. The van der Waals surface area contributed by atoms with Crippen LogP contribution in [0, 0.1) is 10.1 Å². The Labute approximate surface area is 198 Å². The van der Waals surface area contributed by atoms with E-state index in [1.54, 1.807) is 9.47 Å². The molecule has 11 nitrogen and oxygen atoms in total. The van der Waals surface area contributed by atoms with E-state index in [0.29, 0.717) is 32.7 Å². The standard InChI is InChI=1S/C23H31N5O6/c1-23(2,3)34-22(29)26-11-4-10-25(13-14-26)17-5-7-18(8-6-17)32-16-19-9-12-27-15-20(28(30)31)24-21(27)33-19/h5-8,15,19H,4,9-14,16H2,1-3H3. The van der Waals surface area contributed by atoms with Gasteiger partial charge >= 0.3 is 17.9 Å². The fraction of sp³-hybridized carbons (Fsp3) is 0.565. The van der Waals surface area contributed by atoms with Crippen LogP contribution in [0.15, 0.2) is 30.5 Å². The minimum absolute atomic E-state index is 0.213. The van der Waals surface area contributed by atoms with Gasteiger partial charge in [-0.25, -0.2) is 4.79 Å². The number of aromatic nitrogens is 2. The lowest BCUT2D eigenvalue weighted by Crippen LogP contribution is -2.39. The van der Waals surface area contributed by atoms with E-state index in [1.807, 2.05) is 45.0 Å². The largest absolute Gasteiger partial charge is 0.490 e. The molecule has 3 heterocycles. The summed E-state index contributed by atoms with van der Waals surface area (Å²) in [5.41, 5.74) is 0.571. The Hall–Kier alpha value is -3.50. The molecule has 0 saturated carbocycles. The number of hydrogen-bond acceptors (Lipinski definition) is 8. The van der Waals surface area contributed by atoms with Gasteiger partial charge in [0.2, 0.25) is 0 Å². The molecule has 0 N–H and O–H groups in total. The van der Waals surface area contributed by atoms with Crippen molar-refractivity contribution in [3.05, 3.63) is 40.6 Å². The summed E-state index contributed by atoms with van der Waals surface area (Å²) in [6.07, 6.45) is 2.45. The highest BCUT2D eigenvalue weighted by molar-refractivity contribution is 5.68. The van der Waals surface area contributed by atoms with Crippen LogP contribution in [0.3, 0.4) is 0 Å². The second kappa shape index (κ2) is 9.78. The van der Waals surface area contributed by atoms with E-state index in [9.17, 15) is 14.9 Å². The molecular weight excluding hydrogens is 442 g/mol. The van der Waals surface area contributed by atoms with Crippen LogP contribution in [-0.2, 0) is 11.3 Å². The molecule has 1 amide bonds. The van der Waals surface area contributed by atoms with Crippen LogP contribution >= 0.6 is 0 Å². The molecule has 34 heavy (non-hydrogen) atoms. The van der Waals surface area contributed by atoms with Crippen LogP contribution in [0.4, 0.5) is 16.3 Å². The number of anilines is 1. The zero-order chi connectivity index (χ0) is 24.3. The van der Waals surface area contributed by atoms with Crippen molar-refractivity contribution in [3.63, 3.8) is 0 Å². The number of amides is 1. The average molecular weight is 474 g/mol. The molecule has 1 fully saturated rings. The van der Waals surface area contributed by atoms with Crippen molar-refractivity contribution in [3.8, 4) is 11.8 Å². The molecule has 2 aliphatic heterocycles. The highest BCUT2D eigenvalue weighted by Gasteiger charge is 2.29. The molecule has 1 aromatic heterocycles. The molecule has 0 spiro atoms. The lowest BCUT2D eigenvalue weighted by molar-refractivity contribution is -0.389. The summed E-state index contributed by atoms with van der Waals surface area (Å²) >= 11 is 0. The third-order valence-corrected chi connectivity index (χ3v) is 5.66. The molecule has 2 aliphatic rings. The summed E-state index contributed by atoms with van der Waals surface area (Å²) in [6.45, 7) is 9.42. The molecule has 0 bridgehead atoms. The molecule has 4 rings (SSSR count). The average Bonchev–Trinajstić information content (AvgIpc) is 3.05. The van der Waals surface area contributed by atoms with Crippen molar-refractivity contribution in [2.45, 2.75) is 51.9 Å². The lowest BCUT2D eigenvalue weighted by atomic mass is 10.2. The number of aryl methyl sites for hydroxylation is 1. The number of nitro groups is 1. The van der Waals surface area contributed by atoms with Crippen molar-refractivity contribution < 1.29 is 23.9 Å². The van der Waals surface area contributed by atoms with Gasteiger partial charge in [-0.3, -0.25) is 4.57 Å². The molecule has 1 unspecified atom stereocenters. The van der Waals surface area contributed by atoms with Crippen LogP contribution in [-0.4, -0.2) is 70.0 Å². The Morgan fingerprint density at radius 1 is 1.18 bits per heavy atom. The first-order valence-electron chi connectivity index (χ1n) is 11.5. The summed E-state index contributed by atoms with van der Waals surface area (Å²) < 4.78 is 18.8. The zero-order valence-corrected chi connectivity index (χ0v) is 19.8. The van der Waals surface area contributed by atoms with Crippen molar-refractivity contribution >= 4 is 17.6 Å². The predicted molar refractivity (Wildman–Crippen MR) is 124 cm³/mol. The molecule has 11 heteroatoms. The van der Waals surface area contributed by atoms with Gasteiger partial charge in [0.1, 0.15) is 30.3 Å². The summed E-state index contributed by atoms with van der Waals surface area (Å²) in [5, 5.41) is 10.9. The maximum atomic E-state index is 12.4. The monoisotopic (exact) mass is 473 g/mol. The van der Waals surface area contributed by atoms with E-state index in [0.717, 1.165) is 30.9 Å². The minimum Gasteiger partial charge on any atom is -0.490 e. The lowest BCUT2D eigenvalue weighted by Gasteiger charge is -2.27. The molecular formula is C23H31N5O6. The second-order valence-corrected chi connectivity index (χ2v) is 9.47. The first-order chi connectivity index (χ1) is 16.2. The van der Waals surface area contributed by atoms with E-state index in [1.165, 1.54) is 6.20 Å². The van der Waals surface area contributed by atoms with E-state index in [4.69, 9.17) is 14.2 Å². The molecule has 1 aromatic carbocycles. The number of rotatable bonds is 5. The van der Waals surface area contributed by atoms with E-state index < -0.39 is 10.5 Å². The van der Waals surface area contributed by atoms with E-state index >= 15 is 0 Å². The van der Waals surface area contributed by atoms with Crippen molar-refractivity contribution in [1.29, 1.82) is 0 Å². The molecule has 0 radical (unpaired) electrons. The Kier molecular flexibility index (Phi) is 6.80. The summed E-state index contributed by atoms with van der Waals surface area (Å²) in [4.78, 5) is 30.7. The third-order valence-electron chi connectivity index (χ3n) is 5.66. The number of nitrogens with zero attached hydrogens (tertiary/aromatic N) is 5. The van der Waals surface area contributed by atoms with Crippen LogP contribution in [0.5, 0.6) is 11.8 Å². The third kappa shape index (κ3) is 5.89. The fourth-order valence-electron chi connectivity index (χ4n) is 3.96. The number of carbonyl (C=O) groups is 1. The van der Waals surface area contributed by atoms with Gasteiger partial charge in [-0.15, -0.1) is 0 Å². The molecule has 184 valence electrons. The fourth-order valence-corrected chi connectivity index (χ4v) is 3.96. The van der Waals surface area contributed by atoms with Gasteiger partial charge in [-0.2, -0.15) is 0 Å². The van der Waals surface area contributed by atoms with Gasteiger partial charge in [-0.05, 0) is 56.4 Å². The smallest absolute Gasteiger partial charge is 0.414 e. The number of hydrogen-bond donors (Lipinski definition) is 0. The van der Waals surface area contributed by atoms with E-state index in [-0.39, 0.29) is 24.0 Å². The number of imidazole rings is 1. The summed E-state index contributed by atoms with van der Waals surface area (Å²) in [6, 6.07) is 8.11. The molecule has 1 saturated heterocycles. The van der Waals surface area contributed by atoms with Gasteiger partial charge in [0.05, 0.1) is 0 Å². The highest BCUT2D eigenvalue weighted by Crippen LogP contribution is 2.26. The van der Waals surface area contributed by atoms with Gasteiger partial charge in [0.25, 0.3) is 0 Å². The van der Waals surface area contributed by atoms with Crippen molar-refractivity contribution in [2.75, 3.05) is 37.7 Å². The minimum atomic E-state index is -0.527. The predicted octanol–water partition coefficient (Wildman–Crippen LogP) is 3.47. The zero-order valence-electron chi connectivity index (χ0n) is 19.8. The molecule has 1 atom stereocenters. The van der Waals surface area contributed by atoms with Crippen LogP contribution in [0.1, 0.15) is 33.6 Å². The number of ether oxygens (including phenoxy) is 3. The maximum Gasteiger partial charge on any atom is 0.414 e. The summed E-state index contributed by atoms with van der Waals surface area (Å²) in [5.74, 6) is 0.507. The Morgan fingerprint density at radius 3 is 2.65 bits per heavy atom. The van der Waals surface area contributed by atoms with Crippen LogP contribution in [0.2, 0.25) is 0 Å². The topological polar surface area (TPSA) is 112 Å². The maximum absolute atomic E-state index is 12.4. The van der Waals surface area contributed by atoms with Gasteiger partial charge < -0.3 is 34.1 Å². The first kappa shape index (κ1) is 23.7. The van der Waals surface area contributed by atoms with E-state index in [2.05, 4.69) is 9.88 Å². The van der Waals surface area contributed by atoms with Gasteiger partial charge in [-0.1, -0.05) is 0 Å². The number of carbonyl (C=O) groups excluding carboxylic acids is 1. The quantitative estimate of drug-likeness (QED) is 0.479. The van der Waals surface area contributed by atoms with Crippen molar-refractivity contribution in [1.82, 2.24) is 14.5 Å². The second-order valence-electron chi connectivity index (χ2n) is 9.47. The SMILES string of the molecule is CC(C)(C)OC(=O)N1CCCN(c2ccc(OCC3CCn4cc([N+](=O)[O-])nc4O3)cc2)CC1.